The summed E-state index contributed by atoms with van der Waals surface area (Å²) in [4.78, 5) is 0.307. The Morgan fingerprint density at radius 2 is 1.45 bits per heavy atom. The van der Waals surface area contributed by atoms with E-state index in [-0.39, 0.29) is 9.79 Å². The van der Waals surface area contributed by atoms with Crippen molar-refractivity contribution in [2.45, 2.75) is 49.3 Å². The standard InChI is InChI=1S/C20H25ClN2O4S2/c1-15-14-20(16(2)13-19(15)21)28(24,25)22-17-7-9-18(10-8-17)29(26,27)23-11-5-3-4-6-12-23/h7-10,13-14,22H,3-6,11-12H2,1-2H3. The minimum absolute atomic E-state index is 0.140. The summed E-state index contributed by atoms with van der Waals surface area (Å²) in [7, 11) is -7.40. The van der Waals surface area contributed by atoms with E-state index >= 15 is 0 Å². The number of benzene rings is 2. The molecule has 1 aliphatic rings. The molecule has 0 spiro atoms. The predicted molar refractivity (Wildman–Crippen MR) is 115 cm³/mol. The minimum atomic E-state index is -3.83. The largest absolute Gasteiger partial charge is 0.280 e. The summed E-state index contributed by atoms with van der Waals surface area (Å²) in [5, 5.41) is 0.504. The molecule has 9 heteroatoms. The fourth-order valence-corrected chi connectivity index (χ4v) is 6.49. The van der Waals surface area contributed by atoms with Crippen LogP contribution in [0.2, 0.25) is 5.02 Å². The van der Waals surface area contributed by atoms with Crippen LogP contribution in [0.5, 0.6) is 0 Å². The van der Waals surface area contributed by atoms with Gasteiger partial charge in [-0.3, -0.25) is 4.72 Å². The molecule has 1 saturated heterocycles. The fraction of sp³-hybridized carbons (Fsp3) is 0.400. The van der Waals surface area contributed by atoms with Crippen LogP contribution < -0.4 is 4.72 Å². The molecule has 0 bridgehead atoms. The van der Waals surface area contributed by atoms with Crippen LogP contribution in [-0.2, 0) is 20.0 Å². The van der Waals surface area contributed by atoms with Crippen molar-refractivity contribution < 1.29 is 16.8 Å². The zero-order valence-corrected chi connectivity index (χ0v) is 18.9. The second kappa shape index (κ2) is 8.63. The van der Waals surface area contributed by atoms with Crippen molar-refractivity contribution in [1.29, 1.82) is 0 Å². The molecule has 1 aliphatic heterocycles. The first-order valence-electron chi connectivity index (χ1n) is 9.51. The van der Waals surface area contributed by atoms with Crippen molar-refractivity contribution in [2.24, 2.45) is 0 Å². The molecule has 3 rings (SSSR count). The molecule has 2 aromatic carbocycles. The van der Waals surface area contributed by atoms with Crippen LogP contribution in [0.25, 0.3) is 0 Å². The normalized spacial score (nSPS) is 16.4. The molecule has 6 nitrogen and oxygen atoms in total. The van der Waals surface area contributed by atoms with E-state index in [0.717, 1.165) is 25.7 Å². The SMILES string of the molecule is Cc1cc(S(=O)(=O)Nc2ccc(S(=O)(=O)N3CCCCCC3)cc2)c(C)cc1Cl. The molecular weight excluding hydrogens is 432 g/mol. The highest BCUT2D eigenvalue weighted by molar-refractivity contribution is 7.92. The third kappa shape index (κ3) is 4.94. The van der Waals surface area contributed by atoms with Crippen molar-refractivity contribution in [3.8, 4) is 0 Å². The van der Waals surface area contributed by atoms with Crippen LogP contribution in [0.15, 0.2) is 46.2 Å². The topological polar surface area (TPSA) is 83.5 Å². The van der Waals surface area contributed by atoms with Crippen LogP contribution in [0.3, 0.4) is 0 Å². The van der Waals surface area contributed by atoms with Gasteiger partial charge in [-0.2, -0.15) is 4.31 Å². The first-order valence-corrected chi connectivity index (χ1v) is 12.8. The van der Waals surface area contributed by atoms with Crippen LogP contribution in [0.1, 0.15) is 36.8 Å². The zero-order valence-electron chi connectivity index (χ0n) is 16.5. The van der Waals surface area contributed by atoms with E-state index in [1.54, 1.807) is 19.9 Å². The predicted octanol–water partition coefficient (Wildman–Crippen LogP) is 4.32. The second-order valence-corrected chi connectivity index (χ2v) is 11.3. The highest BCUT2D eigenvalue weighted by atomic mass is 35.5. The molecule has 1 heterocycles. The highest BCUT2D eigenvalue weighted by Crippen LogP contribution is 2.27. The van der Waals surface area contributed by atoms with Gasteiger partial charge in [0.15, 0.2) is 0 Å². The number of hydrogen-bond acceptors (Lipinski definition) is 4. The number of rotatable bonds is 5. The molecule has 0 unspecified atom stereocenters. The van der Waals surface area contributed by atoms with Gasteiger partial charge in [0.2, 0.25) is 10.0 Å². The van der Waals surface area contributed by atoms with Gasteiger partial charge in [-0.05, 0) is 74.2 Å². The van der Waals surface area contributed by atoms with Gasteiger partial charge < -0.3 is 0 Å². The first-order chi connectivity index (χ1) is 13.6. The summed E-state index contributed by atoms with van der Waals surface area (Å²) in [5.74, 6) is 0. The maximum absolute atomic E-state index is 12.8. The monoisotopic (exact) mass is 456 g/mol. The summed E-state index contributed by atoms with van der Waals surface area (Å²) in [6.45, 7) is 4.46. The van der Waals surface area contributed by atoms with Gasteiger partial charge in [-0.1, -0.05) is 24.4 Å². The molecule has 1 fully saturated rings. The zero-order chi connectivity index (χ0) is 21.2. The van der Waals surface area contributed by atoms with Crippen LogP contribution in [0.4, 0.5) is 5.69 Å². The molecule has 0 amide bonds. The van der Waals surface area contributed by atoms with Gasteiger partial charge in [0.25, 0.3) is 10.0 Å². The van der Waals surface area contributed by atoms with E-state index in [9.17, 15) is 16.8 Å². The van der Waals surface area contributed by atoms with Crippen molar-refractivity contribution >= 4 is 37.3 Å². The molecule has 2 aromatic rings. The molecule has 0 atom stereocenters. The Balaban J connectivity index is 1.82. The molecule has 29 heavy (non-hydrogen) atoms. The van der Waals surface area contributed by atoms with E-state index < -0.39 is 20.0 Å². The molecule has 158 valence electrons. The Morgan fingerprint density at radius 1 is 0.862 bits per heavy atom. The molecule has 0 aliphatic carbocycles. The van der Waals surface area contributed by atoms with E-state index in [0.29, 0.717) is 34.9 Å². The molecule has 1 N–H and O–H groups in total. The van der Waals surface area contributed by atoms with Crippen LogP contribution in [0, 0.1) is 13.8 Å². The number of nitrogens with one attached hydrogen (secondary N) is 1. The number of sulfonamides is 2. The summed E-state index contributed by atoms with van der Waals surface area (Å²) < 4.78 is 55.3. The maximum atomic E-state index is 12.8. The first kappa shape index (κ1) is 22.1. The lowest BCUT2D eigenvalue weighted by Crippen LogP contribution is -2.31. The third-order valence-electron chi connectivity index (χ3n) is 5.06. The second-order valence-electron chi connectivity index (χ2n) is 7.32. The quantitative estimate of drug-likeness (QED) is 0.726. The third-order valence-corrected chi connectivity index (χ3v) is 8.90. The van der Waals surface area contributed by atoms with Crippen LogP contribution >= 0.6 is 11.6 Å². The van der Waals surface area contributed by atoms with Gasteiger partial charge in [0.1, 0.15) is 0 Å². The summed E-state index contributed by atoms with van der Waals surface area (Å²) in [5.41, 5.74) is 1.50. The Kier molecular flexibility index (Phi) is 6.57. The smallest absolute Gasteiger partial charge is 0.262 e. The van der Waals surface area contributed by atoms with Gasteiger partial charge in [-0.25, -0.2) is 16.8 Å². The number of nitrogens with zero attached hydrogens (tertiary/aromatic N) is 1. The van der Waals surface area contributed by atoms with Crippen LogP contribution in [-0.4, -0.2) is 34.2 Å². The Labute approximate surface area is 178 Å². The van der Waals surface area contributed by atoms with Crippen molar-refractivity contribution in [3.63, 3.8) is 0 Å². The minimum Gasteiger partial charge on any atom is -0.280 e. The number of hydrogen-bond donors (Lipinski definition) is 1. The number of aryl methyl sites for hydroxylation is 2. The Hall–Kier alpha value is -1.61. The highest BCUT2D eigenvalue weighted by Gasteiger charge is 2.25. The Bertz CT molecular complexity index is 1090. The van der Waals surface area contributed by atoms with Crippen molar-refractivity contribution in [2.75, 3.05) is 17.8 Å². The van der Waals surface area contributed by atoms with E-state index in [1.807, 2.05) is 0 Å². The molecule has 0 saturated carbocycles. The van der Waals surface area contributed by atoms with Gasteiger partial charge >= 0.3 is 0 Å². The lowest BCUT2D eigenvalue weighted by atomic mass is 10.2. The van der Waals surface area contributed by atoms with E-state index in [1.165, 1.54) is 34.6 Å². The van der Waals surface area contributed by atoms with E-state index in [2.05, 4.69) is 4.72 Å². The molecule has 0 radical (unpaired) electrons. The maximum Gasteiger partial charge on any atom is 0.262 e. The van der Waals surface area contributed by atoms with Gasteiger partial charge in [0, 0.05) is 23.8 Å². The average Bonchev–Trinajstić information content (AvgIpc) is 2.95. The van der Waals surface area contributed by atoms with Crippen molar-refractivity contribution in [3.05, 3.63) is 52.5 Å². The van der Waals surface area contributed by atoms with Gasteiger partial charge in [0.05, 0.1) is 9.79 Å². The summed E-state index contributed by atoms with van der Waals surface area (Å²) >= 11 is 6.05. The van der Waals surface area contributed by atoms with E-state index in [4.69, 9.17) is 11.6 Å². The number of anilines is 1. The molecular formula is C20H25ClN2O4S2. The Morgan fingerprint density at radius 3 is 2.03 bits per heavy atom. The fourth-order valence-electron chi connectivity index (χ4n) is 3.38. The molecule has 0 aromatic heterocycles. The van der Waals surface area contributed by atoms with Gasteiger partial charge in [-0.15, -0.1) is 0 Å². The van der Waals surface area contributed by atoms with Crippen molar-refractivity contribution in [1.82, 2.24) is 4.31 Å². The number of halogens is 1. The summed E-state index contributed by atoms with van der Waals surface area (Å²) in [6, 6.07) is 8.97. The lowest BCUT2D eigenvalue weighted by molar-refractivity contribution is 0.424. The average molecular weight is 457 g/mol. The lowest BCUT2D eigenvalue weighted by Gasteiger charge is -2.20. The summed E-state index contributed by atoms with van der Waals surface area (Å²) in [6.07, 6.45) is 3.79.